The molecule has 0 atom stereocenters. The molecule has 0 N–H and O–H groups in total. The minimum Gasteiger partial charge on any atom is -0.618 e. The number of nitrogens with zero attached hydrogens (tertiary/aromatic N) is 1. The summed E-state index contributed by atoms with van der Waals surface area (Å²) in [4.78, 5) is 0. The second-order valence-corrected chi connectivity index (χ2v) is 5.51. The second kappa shape index (κ2) is 5.91. The van der Waals surface area contributed by atoms with Gasteiger partial charge in [0.15, 0.2) is 6.20 Å². The molecule has 0 saturated carbocycles. The summed E-state index contributed by atoms with van der Waals surface area (Å²) in [6.07, 6.45) is 2.53. The van der Waals surface area contributed by atoms with E-state index in [0.717, 1.165) is 21.9 Å². The molecule has 0 unspecified atom stereocenters. The molecule has 3 heteroatoms. The maximum absolute atomic E-state index is 11.5. The number of pyridine rings is 1. The zero-order valence-corrected chi connectivity index (χ0v) is 11.5. The lowest BCUT2D eigenvalue weighted by molar-refractivity contribution is -0.645. The van der Waals surface area contributed by atoms with Gasteiger partial charge in [-0.05, 0) is 37.5 Å². The largest absolute Gasteiger partial charge is 0.618 e. The number of benzene rings is 1. The standard InChI is InChI=1S/C15H17NOS/c1-12-6-7-14(13(2)11-12)8-10-18-15-5-3-4-9-16(15)17/h3-7,9,11H,8,10H2,1-2H3. The molecule has 2 rings (SSSR count). The molecule has 0 radical (unpaired) electrons. The van der Waals surface area contributed by atoms with Crippen LogP contribution in [0.3, 0.4) is 0 Å². The van der Waals surface area contributed by atoms with E-state index >= 15 is 0 Å². The number of hydrogen-bond donors (Lipinski definition) is 0. The van der Waals surface area contributed by atoms with Gasteiger partial charge in [0.25, 0.3) is 5.03 Å². The molecule has 0 aliphatic carbocycles. The minimum absolute atomic E-state index is 0.766. The third-order valence-electron chi connectivity index (χ3n) is 2.91. The summed E-state index contributed by atoms with van der Waals surface area (Å²) in [5.41, 5.74) is 3.99. The molecule has 18 heavy (non-hydrogen) atoms. The average molecular weight is 259 g/mol. The van der Waals surface area contributed by atoms with Crippen LogP contribution in [0.15, 0.2) is 47.6 Å². The number of rotatable bonds is 4. The first-order chi connectivity index (χ1) is 8.66. The van der Waals surface area contributed by atoms with Crippen LogP contribution in [-0.4, -0.2) is 5.75 Å². The first-order valence-electron chi connectivity index (χ1n) is 6.04. The van der Waals surface area contributed by atoms with Gasteiger partial charge >= 0.3 is 0 Å². The Morgan fingerprint density at radius 2 is 2.00 bits per heavy atom. The Morgan fingerprint density at radius 1 is 1.17 bits per heavy atom. The van der Waals surface area contributed by atoms with Crippen molar-refractivity contribution in [3.05, 3.63) is 64.5 Å². The van der Waals surface area contributed by atoms with Crippen LogP contribution in [0.5, 0.6) is 0 Å². The van der Waals surface area contributed by atoms with Gasteiger partial charge < -0.3 is 5.21 Å². The van der Waals surface area contributed by atoms with Crippen molar-refractivity contribution in [3.8, 4) is 0 Å². The molecule has 94 valence electrons. The first-order valence-corrected chi connectivity index (χ1v) is 7.02. The van der Waals surface area contributed by atoms with Gasteiger partial charge in [0.05, 0.1) is 0 Å². The van der Waals surface area contributed by atoms with E-state index in [2.05, 4.69) is 32.0 Å². The Kier molecular flexibility index (Phi) is 4.26. The van der Waals surface area contributed by atoms with Crippen LogP contribution in [0.25, 0.3) is 0 Å². The number of aryl methyl sites for hydroxylation is 3. The molecule has 1 aromatic heterocycles. The van der Waals surface area contributed by atoms with Gasteiger partial charge in [0.2, 0.25) is 0 Å². The monoisotopic (exact) mass is 259 g/mol. The minimum atomic E-state index is 0.766. The van der Waals surface area contributed by atoms with Crippen molar-refractivity contribution in [1.82, 2.24) is 0 Å². The molecule has 2 nitrogen and oxygen atoms in total. The van der Waals surface area contributed by atoms with Crippen LogP contribution in [0.4, 0.5) is 0 Å². The lowest BCUT2D eigenvalue weighted by atomic mass is 10.0. The Morgan fingerprint density at radius 3 is 2.72 bits per heavy atom. The van der Waals surface area contributed by atoms with E-state index in [4.69, 9.17) is 0 Å². The smallest absolute Gasteiger partial charge is 0.251 e. The lowest BCUT2D eigenvalue weighted by Gasteiger charge is -2.07. The summed E-state index contributed by atoms with van der Waals surface area (Å²) in [6.45, 7) is 4.25. The molecule has 1 heterocycles. The van der Waals surface area contributed by atoms with Crippen molar-refractivity contribution in [2.24, 2.45) is 0 Å². The lowest BCUT2D eigenvalue weighted by Crippen LogP contribution is -2.27. The van der Waals surface area contributed by atoms with Crippen LogP contribution in [0, 0.1) is 19.1 Å². The van der Waals surface area contributed by atoms with E-state index < -0.39 is 0 Å². The molecule has 2 aromatic rings. The fourth-order valence-corrected chi connectivity index (χ4v) is 2.81. The van der Waals surface area contributed by atoms with E-state index in [0.29, 0.717) is 0 Å². The topological polar surface area (TPSA) is 26.9 Å². The van der Waals surface area contributed by atoms with Crippen molar-refractivity contribution < 1.29 is 4.73 Å². The second-order valence-electron chi connectivity index (χ2n) is 4.39. The Bertz CT molecular complexity index is 540. The third kappa shape index (κ3) is 3.26. The van der Waals surface area contributed by atoms with Gasteiger partial charge in [0, 0.05) is 17.9 Å². The number of aromatic nitrogens is 1. The van der Waals surface area contributed by atoms with Gasteiger partial charge in [-0.3, -0.25) is 0 Å². The number of thioether (sulfide) groups is 1. The highest BCUT2D eigenvalue weighted by Gasteiger charge is 2.05. The predicted octanol–water partition coefficient (Wildman–Crippen LogP) is 3.27. The molecular formula is C15H17NOS. The highest BCUT2D eigenvalue weighted by atomic mass is 32.2. The Balaban J connectivity index is 1.95. The van der Waals surface area contributed by atoms with Crippen molar-refractivity contribution >= 4 is 11.8 Å². The van der Waals surface area contributed by atoms with Crippen molar-refractivity contribution in [3.63, 3.8) is 0 Å². The van der Waals surface area contributed by atoms with E-state index in [9.17, 15) is 5.21 Å². The third-order valence-corrected chi connectivity index (χ3v) is 3.93. The SMILES string of the molecule is Cc1ccc(CCSc2cccc[n+]2[O-])c(C)c1. The van der Waals surface area contributed by atoms with Crippen molar-refractivity contribution in [2.75, 3.05) is 5.75 Å². The zero-order chi connectivity index (χ0) is 13.0. The summed E-state index contributed by atoms with van der Waals surface area (Å²) in [5.74, 6) is 0.927. The first kappa shape index (κ1) is 13.0. The quantitative estimate of drug-likeness (QED) is 0.478. The van der Waals surface area contributed by atoms with Crippen LogP contribution in [-0.2, 0) is 6.42 Å². The molecule has 0 spiro atoms. The summed E-state index contributed by atoms with van der Waals surface area (Å²) >= 11 is 1.61. The molecule has 0 amide bonds. The van der Waals surface area contributed by atoms with E-state index in [1.165, 1.54) is 16.7 Å². The normalized spacial score (nSPS) is 10.6. The summed E-state index contributed by atoms with van der Waals surface area (Å²) in [5, 5.41) is 12.2. The van der Waals surface area contributed by atoms with Crippen molar-refractivity contribution in [2.45, 2.75) is 25.3 Å². The molecule has 0 fully saturated rings. The summed E-state index contributed by atoms with van der Waals surface area (Å²) in [6, 6.07) is 12.0. The van der Waals surface area contributed by atoms with Gasteiger partial charge in [0.1, 0.15) is 0 Å². The molecule has 0 saturated heterocycles. The van der Waals surface area contributed by atoms with Gasteiger partial charge in [-0.15, -0.1) is 0 Å². The highest BCUT2D eigenvalue weighted by molar-refractivity contribution is 7.99. The van der Waals surface area contributed by atoms with E-state index in [1.807, 2.05) is 12.1 Å². The fraction of sp³-hybridized carbons (Fsp3) is 0.267. The van der Waals surface area contributed by atoms with Crippen molar-refractivity contribution in [1.29, 1.82) is 0 Å². The van der Waals surface area contributed by atoms with Gasteiger partial charge in [-0.25, -0.2) is 0 Å². The summed E-state index contributed by atoms with van der Waals surface area (Å²) in [7, 11) is 0. The van der Waals surface area contributed by atoms with E-state index in [-0.39, 0.29) is 0 Å². The maximum atomic E-state index is 11.5. The molecule has 0 bridgehead atoms. The Hall–Kier alpha value is -1.48. The molecular weight excluding hydrogens is 242 g/mol. The fourth-order valence-electron chi connectivity index (χ4n) is 1.92. The summed E-state index contributed by atoms with van der Waals surface area (Å²) < 4.78 is 0.923. The van der Waals surface area contributed by atoms with Gasteiger partial charge in [-0.1, -0.05) is 35.5 Å². The molecule has 0 aliphatic heterocycles. The maximum Gasteiger partial charge on any atom is 0.251 e. The molecule has 1 aromatic carbocycles. The van der Waals surface area contributed by atoms with E-state index in [1.54, 1.807) is 24.0 Å². The predicted molar refractivity (Wildman–Crippen MR) is 75.7 cm³/mol. The van der Waals surface area contributed by atoms with Crippen LogP contribution < -0.4 is 4.73 Å². The Labute approximate surface area is 112 Å². The van der Waals surface area contributed by atoms with Crippen LogP contribution >= 0.6 is 11.8 Å². The van der Waals surface area contributed by atoms with Gasteiger partial charge in [-0.2, -0.15) is 4.73 Å². The average Bonchev–Trinajstić information content (AvgIpc) is 2.34. The molecule has 0 aliphatic rings. The zero-order valence-electron chi connectivity index (χ0n) is 10.7. The number of hydrogen-bond acceptors (Lipinski definition) is 2. The highest BCUT2D eigenvalue weighted by Crippen LogP contribution is 2.17. The van der Waals surface area contributed by atoms with Crippen LogP contribution in [0.1, 0.15) is 16.7 Å². The van der Waals surface area contributed by atoms with Crippen LogP contribution in [0.2, 0.25) is 0 Å².